The summed E-state index contributed by atoms with van der Waals surface area (Å²) in [7, 11) is 1.29. The highest BCUT2D eigenvalue weighted by Gasteiger charge is 2.23. The number of anilines is 2. The number of nitrogens with zero attached hydrogens (tertiary/aromatic N) is 1. The molecule has 0 spiro atoms. The van der Waals surface area contributed by atoms with Gasteiger partial charge in [-0.05, 0) is 25.5 Å². The molecule has 0 bridgehead atoms. The molecule has 0 saturated heterocycles. The third kappa shape index (κ3) is 4.61. The van der Waals surface area contributed by atoms with Gasteiger partial charge in [-0.3, -0.25) is 10.6 Å². The van der Waals surface area contributed by atoms with Crippen LogP contribution in [0.15, 0.2) is 6.07 Å². The van der Waals surface area contributed by atoms with E-state index < -0.39 is 12.2 Å². The minimum atomic E-state index is -0.571. The molecule has 0 saturated carbocycles. The maximum absolute atomic E-state index is 11.6. The Hall–Kier alpha value is -2.31. The van der Waals surface area contributed by atoms with E-state index in [0.717, 1.165) is 0 Å². The van der Waals surface area contributed by atoms with Gasteiger partial charge >= 0.3 is 12.2 Å². The van der Waals surface area contributed by atoms with E-state index in [0.29, 0.717) is 22.8 Å². The Labute approximate surface area is 130 Å². The SMILES string of the molecule is CCOC(=O)Nc1nc(C(C)(C)C)c(NC(=O)OC)cc1C. The van der Waals surface area contributed by atoms with Crippen LogP contribution in [0.5, 0.6) is 0 Å². The lowest BCUT2D eigenvalue weighted by Crippen LogP contribution is -2.23. The van der Waals surface area contributed by atoms with Crippen LogP contribution in [-0.4, -0.2) is 30.9 Å². The summed E-state index contributed by atoms with van der Waals surface area (Å²) in [6, 6.07) is 1.74. The van der Waals surface area contributed by atoms with Crippen molar-refractivity contribution in [2.45, 2.75) is 40.0 Å². The molecule has 0 fully saturated rings. The summed E-state index contributed by atoms with van der Waals surface area (Å²) in [5.74, 6) is 0.402. The number of hydrogen-bond acceptors (Lipinski definition) is 5. The van der Waals surface area contributed by atoms with Crippen LogP contribution in [0.2, 0.25) is 0 Å². The number of ether oxygens (including phenoxy) is 2. The molecule has 0 unspecified atom stereocenters. The molecule has 1 rings (SSSR count). The standard InChI is InChI=1S/C15H23N3O4/c1-7-22-14(20)18-12-9(2)8-10(16-13(19)21-6)11(17-12)15(3,4)5/h8H,7H2,1-6H3,(H,16,19)(H,17,18,20). The third-order valence-electron chi connectivity index (χ3n) is 2.84. The Morgan fingerprint density at radius 2 is 1.86 bits per heavy atom. The van der Waals surface area contributed by atoms with Crippen molar-refractivity contribution in [1.29, 1.82) is 0 Å². The molecule has 1 aromatic rings. The number of hydrogen-bond donors (Lipinski definition) is 2. The zero-order valence-electron chi connectivity index (χ0n) is 13.9. The number of amides is 2. The summed E-state index contributed by atoms with van der Waals surface area (Å²) in [5, 5.41) is 5.25. The zero-order valence-corrected chi connectivity index (χ0v) is 13.9. The van der Waals surface area contributed by atoms with Crippen LogP contribution in [0.1, 0.15) is 39.0 Å². The first kappa shape index (κ1) is 17.7. The van der Waals surface area contributed by atoms with E-state index in [9.17, 15) is 9.59 Å². The molecule has 2 amide bonds. The normalized spacial score (nSPS) is 10.8. The molecule has 0 atom stereocenters. The van der Waals surface area contributed by atoms with Crippen molar-refractivity contribution >= 4 is 23.7 Å². The van der Waals surface area contributed by atoms with Crippen molar-refractivity contribution < 1.29 is 19.1 Å². The van der Waals surface area contributed by atoms with Gasteiger partial charge in [0.15, 0.2) is 0 Å². The fourth-order valence-electron chi connectivity index (χ4n) is 1.83. The summed E-state index contributed by atoms with van der Waals surface area (Å²) in [6.07, 6.45) is -1.13. The van der Waals surface area contributed by atoms with E-state index in [4.69, 9.17) is 4.74 Å². The minimum absolute atomic E-state index is 0.277. The van der Waals surface area contributed by atoms with Crippen molar-refractivity contribution in [3.05, 3.63) is 17.3 Å². The lowest BCUT2D eigenvalue weighted by Gasteiger charge is -2.23. The molecule has 122 valence electrons. The van der Waals surface area contributed by atoms with Crippen molar-refractivity contribution in [3.8, 4) is 0 Å². The quantitative estimate of drug-likeness (QED) is 0.892. The molecule has 0 aromatic carbocycles. The molecular formula is C15H23N3O4. The number of methoxy groups -OCH3 is 1. The van der Waals surface area contributed by atoms with Gasteiger partial charge in [-0.25, -0.2) is 14.6 Å². The van der Waals surface area contributed by atoms with Gasteiger partial charge in [-0.1, -0.05) is 20.8 Å². The fourth-order valence-corrected chi connectivity index (χ4v) is 1.83. The topological polar surface area (TPSA) is 89.5 Å². The number of carbonyl (C=O) groups is 2. The zero-order chi connectivity index (χ0) is 16.9. The van der Waals surface area contributed by atoms with Gasteiger partial charge in [0.1, 0.15) is 5.82 Å². The van der Waals surface area contributed by atoms with Gasteiger partial charge < -0.3 is 9.47 Å². The van der Waals surface area contributed by atoms with E-state index >= 15 is 0 Å². The molecule has 0 radical (unpaired) electrons. The predicted molar refractivity (Wildman–Crippen MR) is 84.3 cm³/mol. The predicted octanol–water partition coefficient (Wildman–Crippen LogP) is 3.43. The maximum atomic E-state index is 11.6. The number of rotatable bonds is 3. The number of carbonyl (C=O) groups excluding carboxylic acids is 2. The summed E-state index contributed by atoms with van der Waals surface area (Å²) < 4.78 is 9.48. The number of nitrogens with one attached hydrogen (secondary N) is 2. The molecule has 0 aliphatic rings. The molecule has 0 aliphatic carbocycles. The van der Waals surface area contributed by atoms with Crippen LogP contribution >= 0.6 is 0 Å². The molecule has 7 nitrogen and oxygen atoms in total. The largest absolute Gasteiger partial charge is 0.453 e. The highest BCUT2D eigenvalue weighted by molar-refractivity contribution is 5.88. The number of aryl methyl sites for hydroxylation is 1. The Bertz CT molecular complexity index is 565. The van der Waals surface area contributed by atoms with Crippen LogP contribution < -0.4 is 10.6 Å². The van der Waals surface area contributed by atoms with Crippen molar-refractivity contribution in [2.75, 3.05) is 24.4 Å². The van der Waals surface area contributed by atoms with Crippen molar-refractivity contribution in [1.82, 2.24) is 4.98 Å². The van der Waals surface area contributed by atoms with Crippen LogP contribution in [0.25, 0.3) is 0 Å². The fraction of sp³-hybridized carbons (Fsp3) is 0.533. The van der Waals surface area contributed by atoms with E-state index in [1.165, 1.54) is 7.11 Å². The molecule has 7 heteroatoms. The van der Waals surface area contributed by atoms with Crippen LogP contribution in [0, 0.1) is 6.92 Å². The van der Waals surface area contributed by atoms with Crippen LogP contribution in [0.4, 0.5) is 21.1 Å². The molecule has 1 aromatic heterocycles. The Morgan fingerprint density at radius 1 is 1.23 bits per heavy atom. The Balaban J connectivity index is 3.23. The smallest absolute Gasteiger partial charge is 0.412 e. The summed E-state index contributed by atoms with van der Waals surface area (Å²) in [6.45, 7) is 9.66. The number of pyridine rings is 1. The first-order chi connectivity index (χ1) is 10.2. The lowest BCUT2D eigenvalue weighted by atomic mass is 9.90. The first-order valence-electron chi connectivity index (χ1n) is 7.00. The number of aromatic nitrogens is 1. The second kappa shape index (κ2) is 7.11. The molecule has 0 aliphatic heterocycles. The second-order valence-electron chi connectivity index (χ2n) is 5.76. The molecule has 22 heavy (non-hydrogen) atoms. The summed E-state index contributed by atoms with van der Waals surface area (Å²) >= 11 is 0. The summed E-state index contributed by atoms with van der Waals surface area (Å²) in [5.41, 5.74) is 1.55. The monoisotopic (exact) mass is 309 g/mol. The highest BCUT2D eigenvalue weighted by atomic mass is 16.5. The summed E-state index contributed by atoms with van der Waals surface area (Å²) in [4.78, 5) is 27.5. The average Bonchev–Trinajstić information content (AvgIpc) is 2.40. The van der Waals surface area contributed by atoms with Gasteiger partial charge in [0.05, 0.1) is 25.1 Å². The van der Waals surface area contributed by atoms with E-state index in [1.54, 1.807) is 19.9 Å². The van der Waals surface area contributed by atoms with Gasteiger partial charge in [0.25, 0.3) is 0 Å². The molecular weight excluding hydrogens is 286 g/mol. The van der Waals surface area contributed by atoms with Crippen molar-refractivity contribution in [2.24, 2.45) is 0 Å². The van der Waals surface area contributed by atoms with Crippen LogP contribution in [-0.2, 0) is 14.9 Å². The molecule has 2 N–H and O–H groups in total. The lowest BCUT2D eigenvalue weighted by molar-refractivity contribution is 0.167. The minimum Gasteiger partial charge on any atom is -0.453 e. The first-order valence-corrected chi connectivity index (χ1v) is 7.00. The van der Waals surface area contributed by atoms with E-state index in [2.05, 4.69) is 20.4 Å². The van der Waals surface area contributed by atoms with Crippen molar-refractivity contribution in [3.63, 3.8) is 0 Å². The third-order valence-corrected chi connectivity index (χ3v) is 2.84. The van der Waals surface area contributed by atoms with Crippen LogP contribution in [0.3, 0.4) is 0 Å². The maximum Gasteiger partial charge on any atom is 0.412 e. The van der Waals surface area contributed by atoms with E-state index in [1.807, 2.05) is 20.8 Å². The second-order valence-corrected chi connectivity index (χ2v) is 5.76. The van der Waals surface area contributed by atoms with E-state index in [-0.39, 0.29) is 12.0 Å². The highest BCUT2D eigenvalue weighted by Crippen LogP contribution is 2.31. The van der Waals surface area contributed by atoms with Gasteiger partial charge in [-0.2, -0.15) is 0 Å². The van der Waals surface area contributed by atoms with Gasteiger partial charge in [-0.15, -0.1) is 0 Å². The average molecular weight is 309 g/mol. The Kier molecular flexibility index (Phi) is 5.73. The van der Waals surface area contributed by atoms with Gasteiger partial charge in [0, 0.05) is 5.41 Å². The molecule has 1 heterocycles. The Morgan fingerprint density at radius 3 is 2.36 bits per heavy atom. The van der Waals surface area contributed by atoms with Gasteiger partial charge in [0.2, 0.25) is 0 Å².